The third kappa shape index (κ3) is 5.29. The highest BCUT2D eigenvalue weighted by Gasteiger charge is 2.09. The molecule has 1 aromatic heterocycles. The molecule has 0 saturated heterocycles. The molecule has 1 atom stereocenters. The van der Waals surface area contributed by atoms with Crippen molar-refractivity contribution < 1.29 is 14.7 Å². The molecule has 1 heterocycles. The van der Waals surface area contributed by atoms with Crippen molar-refractivity contribution >= 4 is 28.2 Å². The molecule has 3 N–H and O–H groups in total. The largest absolute Gasteiger partial charge is 0.393 e. The van der Waals surface area contributed by atoms with Crippen molar-refractivity contribution in [1.82, 2.24) is 5.32 Å². The Kier molecular flexibility index (Phi) is 5.80. The van der Waals surface area contributed by atoms with E-state index in [9.17, 15) is 9.59 Å². The minimum Gasteiger partial charge on any atom is -0.393 e. The molecule has 6 heteroatoms. The highest BCUT2D eigenvalue weighted by atomic mass is 32.1. The van der Waals surface area contributed by atoms with Crippen LogP contribution in [0, 0.1) is 0 Å². The van der Waals surface area contributed by atoms with E-state index in [2.05, 4.69) is 10.6 Å². The zero-order valence-corrected chi connectivity index (χ0v) is 11.3. The lowest BCUT2D eigenvalue weighted by Gasteiger charge is -2.05. The summed E-state index contributed by atoms with van der Waals surface area (Å²) in [6.45, 7) is 3.69. The van der Waals surface area contributed by atoms with Gasteiger partial charge in [0.2, 0.25) is 5.91 Å². The average molecular weight is 270 g/mol. The van der Waals surface area contributed by atoms with E-state index < -0.39 is 0 Å². The number of hydrogen-bond donors (Lipinski definition) is 3. The van der Waals surface area contributed by atoms with Crippen molar-refractivity contribution in [2.24, 2.45) is 0 Å². The van der Waals surface area contributed by atoms with Gasteiger partial charge in [-0.3, -0.25) is 9.59 Å². The molecule has 1 rings (SSSR count). The maximum Gasteiger partial charge on any atom is 0.261 e. The summed E-state index contributed by atoms with van der Waals surface area (Å²) in [5.41, 5.74) is 0. The standard InChI is InChI=1S/C12H18N2O3S/c1-8(15)4-3-7-13-12(17)10-5-6-11(18-10)14-9(2)16/h5-6,8,15H,3-4,7H2,1-2H3,(H,13,17)(H,14,16). The first kappa shape index (κ1) is 14.7. The number of amides is 2. The SMILES string of the molecule is CC(=O)Nc1ccc(C(=O)NCCCC(C)O)s1. The highest BCUT2D eigenvalue weighted by Crippen LogP contribution is 2.21. The summed E-state index contributed by atoms with van der Waals surface area (Å²) in [6, 6.07) is 3.39. The van der Waals surface area contributed by atoms with Gasteiger partial charge in [0, 0.05) is 13.5 Å². The third-order valence-electron chi connectivity index (χ3n) is 2.21. The maximum atomic E-state index is 11.7. The lowest BCUT2D eigenvalue weighted by molar-refractivity contribution is -0.114. The number of anilines is 1. The predicted octanol–water partition coefficient (Wildman–Crippen LogP) is 1.60. The second-order valence-corrected chi connectivity index (χ2v) is 5.18. The normalized spacial score (nSPS) is 11.9. The van der Waals surface area contributed by atoms with Crippen LogP contribution in [0.1, 0.15) is 36.4 Å². The molecule has 0 aromatic carbocycles. The minimum atomic E-state index is -0.338. The Labute approximate surface area is 110 Å². The number of carbonyl (C=O) groups excluding carboxylic acids is 2. The monoisotopic (exact) mass is 270 g/mol. The Morgan fingerprint density at radius 1 is 1.44 bits per heavy atom. The fourth-order valence-corrected chi connectivity index (χ4v) is 2.26. The number of carbonyl (C=O) groups is 2. The number of hydrogen-bond acceptors (Lipinski definition) is 4. The van der Waals surface area contributed by atoms with Crippen molar-refractivity contribution in [3.05, 3.63) is 17.0 Å². The lowest BCUT2D eigenvalue weighted by Crippen LogP contribution is -2.24. The molecule has 0 saturated carbocycles. The van der Waals surface area contributed by atoms with Crippen molar-refractivity contribution in [3.63, 3.8) is 0 Å². The van der Waals surface area contributed by atoms with Gasteiger partial charge in [-0.05, 0) is 31.9 Å². The van der Waals surface area contributed by atoms with E-state index in [-0.39, 0.29) is 17.9 Å². The lowest BCUT2D eigenvalue weighted by atomic mass is 10.2. The van der Waals surface area contributed by atoms with Crippen LogP contribution in [-0.4, -0.2) is 29.6 Å². The van der Waals surface area contributed by atoms with Gasteiger partial charge in [-0.1, -0.05) is 0 Å². The van der Waals surface area contributed by atoms with E-state index in [1.54, 1.807) is 19.1 Å². The predicted molar refractivity (Wildman–Crippen MR) is 71.9 cm³/mol. The van der Waals surface area contributed by atoms with Crippen molar-refractivity contribution in [2.75, 3.05) is 11.9 Å². The summed E-state index contributed by atoms with van der Waals surface area (Å²) in [6.07, 6.45) is 1.07. The first-order valence-electron chi connectivity index (χ1n) is 5.82. The number of thiophene rings is 1. The zero-order valence-electron chi connectivity index (χ0n) is 10.5. The molecule has 0 aliphatic rings. The molecule has 1 unspecified atom stereocenters. The summed E-state index contributed by atoms with van der Waals surface area (Å²) in [4.78, 5) is 23.1. The van der Waals surface area contributed by atoms with Crippen LogP contribution in [0.3, 0.4) is 0 Å². The van der Waals surface area contributed by atoms with Gasteiger partial charge < -0.3 is 15.7 Å². The van der Waals surface area contributed by atoms with E-state index in [4.69, 9.17) is 5.11 Å². The number of aliphatic hydroxyl groups excluding tert-OH is 1. The van der Waals surface area contributed by atoms with Gasteiger partial charge in [0.15, 0.2) is 0 Å². The third-order valence-corrected chi connectivity index (χ3v) is 3.21. The summed E-state index contributed by atoms with van der Waals surface area (Å²) >= 11 is 1.24. The number of aliphatic hydroxyl groups is 1. The summed E-state index contributed by atoms with van der Waals surface area (Å²) in [5, 5.41) is 15.1. The van der Waals surface area contributed by atoms with Crippen molar-refractivity contribution in [1.29, 1.82) is 0 Å². The van der Waals surface area contributed by atoms with E-state index in [1.165, 1.54) is 18.3 Å². The summed E-state index contributed by atoms with van der Waals surface area (Å²) in [5.74, 6) is -0.303. The average Bonchev–Trinajstić information content (AvgIpc) is 2.71. The number of rotatable bonds is 6. The van der Waals surface area contributed by atoms with Crippen molar-refractivity contribution in [2.45, 2.75) is 32.8 Å². The van der Waals surface area contributed by atoms with Gasteiger partial charge in [0.05, 0.1) is 16.0 Å². The zero-order chi connectivity index (χ0) is 13.5. The van der Waals surface area contributed by atoms with Gasteiger partial charge in [-0.15, -0.1) is 11.3 Å². The van der Waals surface area contributed by atoms with E-state index in [0.717, 1.165) is 6.42 Å². The fourth-order valence-electron chi connectivity index (χ4n) is 1.39. The molecule has 100 valence electrons. The quantitative estimate of drug-likeness (QED) is 0.687. The molecule has 0 radical (unpaired) electrons. The molecule has 0 aliphatic carbocycles. The second-order valence-electron chi connectivity index (χ2n) is 4.09. The summed E-state index contributed by atoms with van der Waals surface area (Å²) in [7, 11) is 0. The smallest absolute Gasteiger partial charge is 0.261 e. The van der Waals surface area contributed by atoms with Crippen LogP contribution < -0.4 is 10.6 Å². The van der Waals surface area contributed by atoms with E-state index in [1.807, 2.05) is 0 Å². The van der Waals surface area contributed by atoms with Crippen LogP contribution in [0.15, 0.2) is 12.1 Å². The second kappa shape index (κ2) is 7.13. The Hall–Kier alpha value is -1.40. The summed E-state index contributed by atoms with van der Waals surface area (Å²) < 4.78 is 0. The molecule has 2 amide bonds. The van der Waals surface area contributed by atoms with E-state index >= 15 is 0 Å². The minimum absolute atomic E-state index is 0.151. The molecule has 0 spiro atoms. The number of nitrogens with one attached hydrogen (secondary N) is 2. The Balaban J connectivity index is 2.37. The maximum absolute atomic E-state index is 11.7. The Morgan fingerprint density at radius 2 is 2.17 bits per heavy atom. The molecule has 0 fully saturated rings. The van der Waals surface area contributed by atoms with E-state index in [0.29, 0.717) is 22.8 Å². The first-order chi connectivity index (χ1) is 8.49. The van der Waals surface area contributed by atoms with Gasteiger partial charge in [0.25, 0.3) is 5.91 Å². The Bertz CT molecular complexity index is 415. The molecule has 1 aromatic rings. The molecular formula is C12H18N2O3S. The van der Waals surface area contributed by atoms with Gasteiger partial charge in [-0.2, -0.15) is 0 Å². The first-order valence-corrected chi connectivity index (χ1v) is 6.64. The van der Waals surface area contributed by atoms with Crippen LogP contribution in [0.25, 0.3) is 0 Å². The molecule has 0 aliphatic heterocycles. The highest BCUT2D eigenvalue weighted by molar-refractivity contribution is 7.18. The molecular weight excluding hydrogens is 252 g/mol. The van der Waals surface area contributed by atoms with Crippen LogP contribution in [-0.2, 0) is 4.79 Å². The topological polar surface area (TPSA) is 78.4 Å². The molecule has 5 nitrogen and oxygen atoms in total. The fraction of sp³-hybridized carbons (Fsp3) is 0.500. The molecule has 0 bridgehead atoms. The van der Waals surface area contributed by atoms with Gasteiger partial charge in [0.1, 0.15) is 0 Å². The van der Waals surface area contributed by atoms with Crippen LogP contribution in [0.5, 0.6) is 0 Å². The van der Waals surface area contributed by atoms with Gasteiger partial charge in [-0.25, -0.2) is 0 Å². The Morgan fingerprint density at radius 3 is 2.78 bits per heavy atom. The molecule has 18 heavy (non-hydrogen) atoms. The van der Waals surface area contributed by atoms with Crippen LogP contribution >= 0.6 is 11.3 Å². The van der Waals surface area contributed by atoms with Crippen LogP contribution in [0.2, 0.25) is 0 Å². The van der Waals surface area contributed by atoms with Crippen molar-refractivity contribution in [3.8, 4) is 0 Å². The van der Waals surface area contributed by atoms with Crippen LogP contribution in [0.4, 0.5) is 5.00 Å². The van der Waals surface area contributed by atoms with Gasteiger partial charge >= 0.3 is 0 Å².